The molecule has 1 unspecified atom stereocenters. The van der Waals surface area contributed by atoms with Crippen molar-refractivity contribution in [3.8, 4) is 0 Å². The molecule has 2 aromatic rings. The van der Waals surface area contributed by atoms with Gasteiger partial charge in [-0.1, -0.05) is 42.5 Å². The van der Waals surface area contributed by atoms with Crippen molar-refractivity contribution in [2.24, 2.45) is 5.14 Å². The molecular formula is C20H23N3O5S. The van der Waals surface area contributed by atoms with Crippen LogP contribution in [-0.2, 0) is 32.7 Å². The highest BCUT2D eigenvalue weighted by Gasteiger charge is 2.34. The van der Waals surface area contributed by atoms with Gasteiger partial charge >= 0.3 is 6.09 Å². The van der Waals surface area contributed by atoms with Crippen molar-refractivity contribution < 1.29 is 22.7 Å². The van der Waals surface area contributed by atoms with E-state index in [-0.39, 0.29) is 24.0 Å². The summed E-state index contributed by atoms with van der Waals surface area (Å²) in [6.45, 7) is 0.836. The molecule has 2 aromatic carbocycles. The topological polar surface area (TPSA) is 119 Å². The van der Waals surface area contributed by atoms with Gasteiger partial charge in [-0.2, -0.15) is 0 Å². The van der Waals surface area contributed by atoms with Crippen LogP contribution in [0.4, 0.5) is 4.79 Å². The molecule has 1 fully saturated rings. The number of carbonyl (C=O) groups is 2. The van der Waals surface area contributed by atoms with E-state index >= 15 is 0 Å². The number of sulfonamides is 1. The number of ether oxygens (including phenoxy) is 1. The minimum atomic E-state index is -3.75. The number of primary sulfonamides is 1. The summed E-state index contributed by atoms with van der Waals surface area (Å²) in [5, 5.41) is 7.86. The van der Waals surface area contributed by atoms with Crippen molar-refractivity contribution in [3.05, 3.63) is 65.7 Å². The minimum absolute atomic E-state index is 0.00991. The van der Waals surface area contributed by atoms with Crippen LogP contribution in [0.15, 0.2) is 59.5 Å². The Bertz CT molecular complexity index is 961. The van der Waals surface area contributed by atoms with E-state index in [1.54, 1.807) is 12.1 Å². The van der Waals surface area contributed by atoms with Gasteiger partial charge < -0.3 is 10.1 Å². The van der Waals surface area contributed by atoms with Crippen LogP contribution in [0.2, 0.25) is 0 Å². The second-order valence-corrected chi connectivity index (χ2v) is 8.36. The van der Waals surface area contributed by atoms with Gasteiger partial charge in [0.2, 0.25) is 15.9 Å². The molecule has 29 heavy (non-hydrogen) atoms. The quantitative estimate of drug-likeness (QED) is 0.742. The minimum Gasteiger partial charge on any atom is -0.445 e. The lowest BCUT2D eigenvalue weighted by atomic mass is 10.2. The molecule has 2 amide bonds. The van der Waals surface area contributed by atoms with Crippen LogP contribution < -0.4 is 10.5 Å². The fourth-order valence-electron chi connectivity index (χ4n) is 3.16. The fourth-order valence-corrected chi connectivity index (χ4v) is 3.68. The first kappa shape index (κ1) is 20.8. The second-order valence-electron chi connectivity index (χ2n) is 6.80. The van der Waals surface area contributed by atoms with E-state index in [0.717, 1.165) is 17.5 Å². The van der Waals surface area contributed by atoms with Crippen LogP contribution in [0.5, 0.6) is 0 Å². The predicted octanol–water partition coefficient (Wildman–Crippen LogP) is 1.75. The van der Waals surface area contributed by atoms with Crippen LogP contribution in [0, 0.1) is 0 Å². The largest absolute Gasteiger partial charge is 0.445 e. The summed E-state index contributed by atoms with van der Waals surface area (Å²) in [6.07, 6.45) is 0.780. The van der Waals surface area contributed by atoms with Gasteiger partial charge in [-0.3, -0.25) is 9.69 Å². The molecule has 0 spiro atoms. The van der Waals surface area contributed by atoms with Gasteiger partial charge in [0.25, 0.3) is 0 Å². The van der Waals surface area contributed by atoms with Crippen LogP contribution in [0.25, 0.3) is 0 Å². The third kappa shape index (κ3) is 5.55. The number of carbonyl (C=O) groups excluding carboxylic acids is 2. The second kappa shape index (κ2) is 9.06. The summed E-state index contributed by atoms with van der Waals surface area (Å²) in [4.78, 5) is 26.4. The van der Waals surface area contributed by atoms with Crippen molar-refractivity contribution in [1.29, 1.82) is 0 Å². The normalized spacial score (nSPS) is 16.4. The molecule has 1 aliphatic heterocycles. The first-order valence-electron chi connectivity index (χ1n) is 9.21. The van der Waals surface area contributed by atoms with Crippen LogP contribution in [-0.4, -0.2) is 37.9 Å². The molecule has 0 bridgehead atoms. The van der Waals surface area contributed by atoms with Gasteiger partial charge in [-0.25, -0.2) is 18.4 Å². The summed E-state index contributed by atoms with van der Waals surface area (Å²) < 4.78 is 27.9. The average molecular weight is 417 g/mol. The Morgan fingerprint density at radius 3 is 2.41 bits per heavy atom. The molecule has 3 N–H and O–H groups in total. The Balaban J connectivity index is 1.53. The Morgan fingerprint density at radius 1 is 1.07 bits per heavy atom. The van der Waals surface area contributed by atoms with Crippen LogP contribution in [0.1, 0.15) is 24.0 Å². The highest BCUT2D eigenvalue weighted by atomic mass is 32.2. The number of rotatable bonds is 6. The van der Waals surface area contributed by atoms with E-state index in [1.165, 1.54) is 17.0 Å². The number of nitrogens with two attached hydrogens (primary N) is 1. The van der Waals surface area contributed by atoms with Crippen LogP contribution >= 0.6 is 0 Å². The number of nitrogens with one attached hydrogen (secondary N) is 1. The number of amides is 2. The molecule has 1 atom stereocenters. The highest BCUT2D eigenvalue weighted by Crippen LogP contribution is 2.19. The lowest BCUT2D eigenvalue weighted by molar-refractivity contribution is -0.125. The molecule has 1 heterocycles. The Kier molecular flexibility index (Phi) is 6.50. The van der Waals surface area contributed by atoms with Crippen molar-refractivity contribution in [1.82, 2.24) is 10.2 Å². The maximum absolute atomic E-state index is 12.6. The van der Waals surface area contributed by atoms with Gasteiger partial charge in [0.15, 0.2) is 0 Å². The molecule has 3 rings (SSSR count). The molecule has 0 saturated carbocycles. The van der Waals surface area contributed by atoms with E-state index < -0.39 is 22.2 Å². The number of nitrogens with zero attached hydrogens (tertiary/aromatic N) is 1. The van der Waals surface area contributed by atoms with Gasteiger partial charge in [0, 0.05) is 13.1 Å². The van der Waals surface area contributed by atoms with Crippen molar-refractivity contribution in [2.45, 2.75) is 36.9 Å². The summed E-state index contributed by atoms with van der Waals surface area (Å²) in [5.41, 5.74) is 1.60. The van der Waals surface area contributed by atoms with Gasteiger partial charge in [-0.05, 0) is 36.1 Å². The van der Waals surface area contributed by atoms with Crippen molar-refractivity contribution in [2.75, 3.05) is 6.54 Å². The molecule has 0 aliphatic carbocycles. The van der Waals surface area contributed by atoms with E-state index in [4.69, 9.17) is 9.88 Å². The van der Waals surface area contributed by atoms with E-state index in [0.29, 0.717) is 13.0 Å². The molecule has 154 valence electrons. The molecule has 0 aromatic heterocycles. The maximum Gasteiger partial charge on any atom is 0.410 e. The lowest BCUT2D eigenvalue weighted by Gasteiger charge is -2.23. The molecule has 1 saturated heterocycles. The monoisotopic (exact) mass is 417 g/mol. The SMILES string of the molecule is NS(=O)(=O)c1ccc(CNC(=O)C2CCCN2C(=O)OCc2ccccc2)cc1. The van der Waals surface area contributed by atoms with Crippen molar-refractivity contribution >= 4 is 22.0 Å². The zero-order chi connectivity index (χ0) is 20.9. The molecule has 0 radical (unpaired) electrons. The zero-order valence-electron chi connectivity index (χ0n) is 15.8. The smallest absolute Gasteiger partial charge is 0.410 e. The molecular weight excluding hydrogens is 394 g/mol. The fraction of sp³-hybridized carbons (Fsp3) is 0.300. The summed E-state index contributed by atoms with van der Waals surface area (Å²) in [6, 6.07) is 14.7. The molecule has 8 nitrogen and oxygen atoms in total. The first-order valence-corrected chi connectivity index (χ1v) is 10.8. The summed E-state index contributed by atoms with van der Waals surface area (Å²) in [7, 11) is -3.75. The third-order valence-electron chi connectivity index (χ3n) is 4.71. The Labute approximate surface area is 169 Å². The number of benzene rings is 2. The third-order valence-corrected chi connectivity index (χ3v) is 5.64. The number of hydrogen-bond donors (Lipinski definition) is 2. The van der Waals surface area contributed by atoms with Gasteiger partial charge in [-0.15, -0.1) is 0 Å². The molecule has 1 aliphatic rings. The molecule has 9 heteroatoms. The number of hydrogen-bond acceptors (Lipinski definition) is 5. The standard InChI is InChI=1S/C20H23N3O5S/c21-29(26,27)17-10-8-15(9-11-17)13-22-19(24)18-7-4-12-23(18)20(25)28-14-16-5-2-1-3-6-16/h1-3,5-6,8-11,18H,4,7,12-14H2,(H,22,24)(H2,21,26,27). The van der Waals surface area contributed by atoms with E-state index in [2.05, 4.69) is 5.32 Å². The van der Waals surface area contributed by atoms with E-state index in [9.17, 15) is 18.0 Å². The van der Waals surface area contributed by atoms with Crippen molar-refractivity contribution in [3.63, 3.8) is 0 Å². The highest BCUT2D eigenvalue weighted by molar-refractivity contribution is 7.89. The zero-order valence-corrected chi connectivity index (χ0v) is 16.6. The predicted molar refractivity (Wildman–Crippen MR) is 106 cm³/mol. The number of likely N-dealkylation sites (tertiary alicyclic amines) is 1. The Morgan fingerprint density at radius 2 is 1.76 bits per heavy atom. The van der Waals surface area contributed by atoms with Gasteiger partial charge in [0.05, 0.1) is 4.90 Å². The lowest BCUT2D eigenvalue weighted by Crippen LogP contribution is -2.45. The van der Waals surface area contributed by atoms with Gasteiger partial charge in [0.1, 0.15) is 12.6 Å². The van der Waals surface area contributed by atoms with Crippen LogP contribution in [0.3, 0.4) is 0 Å². The first-order chi connectivity index (χ1) is 13.8. The summed E-state index contributed by atoms with van der Waals surface area (Å²) in [5.74, 6) is -0.269. The van der Waals surface area contributed by atoms with E-state index in [1.807, 2.05) is 30.3 Å². The summed E-state index contributed by atoms with van der Waals surface area (Å²) >= 11 is 0. The Hall–Kier alpha value is -2.91. The average Bonchev–Trinajstić information content (AvgIpc) is 3.21. The maximum atomic E-state index is 12.6.